The Morgan fingerprint density at radius 3 is 2.50 bits per heavy atom. The van der Waals surface area contributed by atoms with E-state index >= 15 is 0 Å². The number of amides is 2. The van der Waals surface area contributed by atoms with Gasteiger partial charge < -0.3 is 5.32 Å². The average Bonchev–Trinajstić information content (AvgIpc) is 2.44. The fourth-order valence-electron chi connectivity index (χ4n) is 2.38. The molecule has 0 aromatic heterocycles. The second-order valence-electron chi connectivity index (χ2n) is 4.67. The van der Waals surface area contributed by atoms with E-state index in [0.717, 1.165) is 0 Å². The van der Waals surface area contributed by atoms with Crippen molar-refractivity contribution in [3.63, 3.8) is 0 Å². The van der Waals surface area contributed by atoms with Crippen molar-refractivity contribution >= 4 is 40.7 Å². The lowest BCUT2D eigenvalue weighted by molar-refractivity contribution is -0.134. The highest BCUT2D eigenvalue weighted by Gasteiger charge is 2.40. The first-order valence-corrected chi connectivity index (χ1v) is 7.34. The molecule has 1 N–H and O–H groups in total. The van der Waals surface area contributed by atoms with Crippen LogP contribution in [0.1, 0.15) is 26.7 Å². The summed E-state index contributed by atoms with van der Waals surface area (Å²) in [6.07, 6.45) is 1.05. The summed E-state index contributed by atoms with van der Waals surface area (Å²) in [6, 6.07) is 4.01. The lowest BCUT2D eigenvalue weighted by Crippen LogP contribution is -2.63. The van der Waals surface area contributed by atoms with Crippen LogP contribution in [-0.4, -0.2) is 23.9 Å². The summed E-state index contributed by atoms with van der Waals surface area (Å²) in [4.78, 5) is 26.2. The molecule has 1 saturated heterocycles. The van der Waals surface area contributed by atoms with E-state index in [1.165, 1.54) is 4.90 Å². The Kier molecular flexibility index (Phi) is 4.55. The molecular formula is C14H16Cl2N2O2. The molecule has 4 nitrogen and oxygen atoms in total. The first kappa shape index (κ1) is 15.1. The monoisotopic (exact) mass is 314 g/mol. The first-order valence-electron chi connectivity index (χ1n) is 6.58. The summed E-state index contributed by atoms with van der Waals surface area (Å²) < 4.78 is 0. The van der Waals surface area contributed by atoms with E-state index in [9.17, 15) is 9.59 Å². The summed E-state index contributed by atoms with van der Waals surface area (Å²) in [5.74, 6) is -0.307. The number of nitrogens with zero attached hydrogens (tertiary/aromatic N) is 1. The van der Waals surface area contributed by atoms with Crippen molar-refractivity contribution in [1.29, 1.82) is 0 Å². The van der Waals surface area contributed by atoms with Crippen molar-refractivity contribution in [3.8, 4) is 0 Å². The predicted octanol–water partition coefficient (Wildman–Crippen LogP) is 3.01. The van der Waals surface area contributed by atoms with Gasteiger partial charge in [-0.25, -0.2) is 0 Å². The van der Waals surface area contributed by atoms with Gasteiger partial charge in [-0.1, -0.05) is 43.1 Å². The zero-order valence-corrected chi connectivity index (χ0v) is 12.8. The number of nitrogens with one attached hydrogen (secondary N) is 1. The molecule has 0 spiro atoms. The number of carbonyl (C=O) groups excluding carboxylic acids is 2. The van der Waals surface area contributed by atoms with Gasteiger partial charge in [-0.3, -0.25) is 14.5 Å². The maximum atomic E-state index is 12.5. The molecule has 2 atom stereocenters. The average molecular weight is 315 g/mol. The summed E-state index contributed by atoms with van der Waals surface area (Å²) in [7, 11) is 0. The van der Waals surface area contributed by atoms with E-state index in [0.29, 0.717) is 28.6 Å². The molecule has 0 aliphatic carbocycles. The number of hydrogen-bond acceptors (Lipinski definition) is 2. The summed E-state index contributed by atoms with van der Waals surface area (Å²) in [6.45, 7) is 3.71. The van der Waals surface area contributed by atoms with E-state index in [2.05, 4.69) is 5.32 Å². The van der Waals surface area contributed by atoms with Crippen LogP contribution in [0.5, 0.6) is 0 Å². The van der Waals surface area contributed by atoms with Crippen molar-refractivity contribution in [2.45, 2.75) is 38.8 Å². The number of carbonyl (C=O) groups is 2. The number of hydrogen-bond donors (Lipinski definition) is 1. The summed E-state index contributed by atoms with van der Waals surface area (Å²) >= 11 is 12.2. The van der Waals surface area contributed by atoms with Gasteiger partial charge in [0, 0.05) is 0 Å². The normalized spacial score (nSPS) is 22.9. The fourth-order valence-corrected chi connectivity index (χ4v) is 2.76. The molecule has 1 aliphatic heterocycles. The molecular weight excluding hydrogens is 299 g/mol. The van der Waals surface area contributed by atoms with Gasteiger partial charge in [0.2, 0.25) is 11.8 Å². The lowest BCUT2D eigenvalue weighted by atomic mass is 10.0. The Bertz CT molecular complexity index is 548. The van der Waals surface area contributed by atoms with Crippen molar-refractivity contribution in [2.75, 3.05) is 4.90 Å². The second kappa shape index (κ2) is 6.02. The molecule has 1 heterocycles. The Labute approximate surface area is 128 Å². The van der Waals surface area contributed by atoms with Crippen LogP contribution in [0.4, 0.5) is 5.69 Å². The third-order valence-electron chi connectivity index (χ3n) is 3.45. The minimum Gasteiger partial charge on any atom is -0.342 e. The van der Waals surface area contributed by atoms with Gasteiger partial charge in [0.05, 0.1) is 15.7 Å². The number of halogens is 2. The van der Waals surface area contributed by atoms with E-state index in [-0.39, 0.29) is 11.8 Å². The molecule has 2 amide bonds. The first-order chi connectivity index (χ1) is 9.51. The van der Waals surface area contributed by atoms with Crippen molar-refractivity contribution in [3.05, 3.63) is 28.2 Å². The quantitative estimate of drug-likeness (QED) is 0.932. The Morgan fingerprint density at radius 1 is 1.20 bits per heavy atom. The third-order valence-corrected chi connectivity index (χ3v) is 4.26. The molecule has 20 heavy (non-hydrogen) atoms. The highest BCUT2D eigenvalue weighted by Crippen LogP contribution is 2.35. The van der Waals surface area contributed by atoms with E-state index in [1.54, 1.807) is 18.2 Å². The standard InChI is InChI=1S/C14H16Cl2N2O2/c1-3-9-14(20)18(10(4-2)13(19)17-9)11-7-5-6-8(15)12(11)16/h5-7,9-10H,3-4H2,1-2H3,(H,17,19). The Morgan fingerprint density at radius 2 is 1.90 bits per heavy atom. The van der Waals surface area contributed by atoms with Gasteiger partial charge >= 0.3 is 0 Å². The van der Waals surface area contributed by atoms with Crippen LogP contribution in [0.25, 0.3) is 0 Å². The highest BCUT2D eigenvalue weighted by molar-refractivity contribution is 6.44. The molecule has 1 aromatic rings. The summed E-state index contributed by atoms with van der Waals surface area (Å²) in [5, 5.41) is 3.41. The maximum Gasteiger partial charge on any atom is 0.250 e. The van der Waals surface area contributed by atoms with Crippen molar-refractivity contribution < 1.29 is 9.59 Å². The van der Waals surface area contributed by atoms with Gasteiger partial charge in [0.15, 0.2) is 0 Å². The van der Waals surface area contributed by atoms with Crippen LogP contribution in [0, 0.1) is 0 Å². The van der Waals surface area contributed by atoms with Gasteiger partial charge in [-0.15, -0.1) is 0 Å². The number of rotatable bonds is 3. The molecule has 2 rings (SSSR count). The molecule has 108 valence electrons. The number of benzene rings is 1. The zero-order chi connectivity index (χ0) is 14.9. The third kappa shape index (κ3) is 2.50. The van der Waals surface area contributed by atoms with E-state index < -0.39 is 12.1 Å². The van der Waals surface area contributed by atoms with Crippen LogP contribution < -0.4 is 10.2 Å². The lowest BCUT2D eigenvalue weighted by Gasteiger charge is -2.38. The maximum absolute atomic E-state index is 12.5. The van der Waals surface area contributed by atoms with Crippen molar-refractivity contribution in [1.82, 2.24) is 5.32 Å². The predicted molar refractivity (Wildman–Crippen MR) is 80.2 cm³/mol. The molecule has 0 saturated carbocycles. The molecule has 6 heteroatoms. The topological polar surface area (TPSA) is 49.4 Å². The second-order valence-corrected chi connectivity index (χ2v) is 5.46. The van der Waals surface area contributed by atoms with Gasteiger partial charge in [0.25, 0.3) is 0 Å². The number of anilines is 1. The minimum absolute atomic E-state index is 0.150. The van der Waals surface area contributed by atoms with Crippen LogP contribution >= 0.6 is 23.2 Å². The fraction of sp³-hybridized carbons (Fsp3) is 0.429. The molecule has 0 bridgehead atoms. The molecule has 0 radical (unpaired) electrons. The zero-order valence-electron chi connectivity index (χ0n) is 11.3. The Hall–Kier alpha value is -1.26. The van der Waals surface area contributed by atoms with Crippen LogP contribution in [0.3, 0.4) is 0 Å². The molecule has 1 aromatic carbocycles. The van der Waals surface area contributed by atoms with Crippen LogP contribution in [-0.2, 0) is 9.59 Å². The van der Waals surface area contributed by atoms with Gasteiger partial charge in [-0.2, -0.15) is 0 Å². The van der Waals surface area contributed by atoms with Crippen LogP contribution in [0.15, 0.2) is 18.2 Å². The SMILES string of the molecule is CCC1NC(=O)C(CC)N(c2cccc(Cl)c2Cl)C1=O. The molecule has 2 unspecified atom stereocenters. The van der Waals surface area contributed by atoms with E-state index in [4.69, 9.17) is 23.2 Å². The minimum atomic E-state index is -0.554. The largest absolute Gasteiger partial charge is 0.342 e. The summed E-state index contributed by atoms with van der Waals surface area (Å²) in [5.41, 5.74) is 0.490. The van der Waals surface area contributed by atoms with Gasteiger partial charge in [-0.05, 0) is 25.0 Å². The number of piperazine rings is 1. The van der Waals surface area contributed by atoms with Crippen LogP contribution in [0.2, 0.25) is 10.0 Å². The molecule has 1 fully saturated rings. The van der Waals surface area contributed by atoms with Gasteiger partial charge in [0.1, 0.15) is 12.1 Å². The van der Waals surface area contributed by atoms with E-state index in [1.807, 2.05) is 13.8 Å². The highest BCUT2D eigenvalue weighted by atomic mass is 35.5. The molecule has 1 aliphatic rings. The van der Waals surface area contributed by atoms with Crippen molar-refractivity contribution in [2.24, 2.45) is 0 Å². The Balaban J connectivity index is 2.51. The smallest absolute Gasteiger partial charge is 0.250 e.